The smallest absolute Gasteiger partial charge is 0.138 e. The molecule has 4 heteroatoms. The van der Waals surface area contributed by atoms with Crippen LogP contribution in [0.2, 0.25) is 0 Å². The van der Waals surface area contributed by atoms with Gasteiger partial charge in [0.15, 0.2) is 0 Å². The molecule has 2 aromatic rings. The molecule has 0 atom stereocenters. The molecular weight excluding hydrogens is 248 g/mol. The van der Waals surface area contributed by atoms with E-state index in [0.717, 1.165) is 23.1 Å². The van der Waals surface area contributed by atoms with Crippen molar-refractivity contribution < 1.29 is 0 Å². The summed E-state index contributed by atoms with van der Waals surface area (Å²) in [6.07, 6.45) is 0. The first-order chi connectivity index (χ1) is 9.40. The van der Waals surface area contributed by atoms with Crippen LogP contribution in [0.3, 0.4) is 0 Å². The average Bonchev–Trinajstić information content (AvgIpc) is 2.40. The Kier molecular flexibility index (Phi) is 3.93. The summed E-state index contributed by atoms with van der Waals surface area (Å²) >= 11 is 0. The molecule has 4 nitrogen and oxygen atoms in total. The van der Waals surface area contributed by atoms with Crippen molar-refractivity contribution in [1.82, 2.24) is 9.97 Å². The summed E-state index contributed by atoms with van der Waals surface area (Å²) in [7, 11) is 1.87. The van der Waals surface area contributed by atoms with Crippen LogP contribution in [-0.4, -0.2) is 17.0 Å². The lowest BCUT2D eigenvalue weighted by Gasteiger charge is -2.19. The van der Waals surface area contributed by atoms with E-state index in [1.165, 1.54) is 5.56 Å². The number of aromatic nitrogens is 2. The molecule has 1 aromatic heterocycles. The molecule has 0 aliphatic rings. The third kappa shape index (κ3) is 3.26. The monoisotopic (exact) mass is 270 g/mol. The van der Waals surface area contributed by atoms with Gasteiger partial charge in [-0.05, 0) is 18.6 Å². The molecule has 106 valence electrons. The Labute approximate surface area is 120 Å². The van der Waals surface area contributed by atoms with Gasteiger partial charge in [0.1, 0.15) is 17.5 Å². The molecule has 0 spiro atoms. The van der Waals surface area contributed by atoms with E-state index in [1.807, 2.05) is 31.3 Å². The second kappa shape index (κ2) is 5.49. The molecular formula is C16H22N4. The van der Waals surface area contributed by atoms with Crippen LogP contribution in [0.5, 0.6) is 0 Å². The second-order valence-electron chi connectivity index (χ2n) is 5.90. The van der Waals surface area contributed by atoms with Crippen molar-refractivity contribution in [2.75, 3.05) is 17.7 Å². The maximum Gasteiger partial charge on any atom is 0.138 e. The van der Waals surface area contributed by atoms with Gasteiger partial charge in [-0.2, -0.15) is 0 Å². The fourth-order valence-electron chi connectivity index (χ4n) is 1.83. The Hall–Kier alpha value is -2.10. The van der Waals surface area contributed by atoms with Crippen LogP contribution in [0.1, 0.15) is 32.2 Å². The lowest BCUT2D eigenvalue weighted by atomic mass is 9.96. The molecule has 0 fully saturated rings. The second-order valence-corrected chi connectivity index (χ2v) is 5.90. The minimum atomic E-state index is -0.0883. The van der Waals surface area contributed by atoms with Crippen LogP contribution in [0.25, 0.3) is 0 Å². The molecule has 0 saturated carbocycles. The van der Waals surface area contributed by atoms with Crippen LogP contribution >= 0.6 is 0 Å². The zero-order chi connectivity index (χ0) is 14.8. The summed E-state index contributed by atoms with van der Waals surface area (Å²) in [6, 6.07) is 10.1. The molecule has 0 aliphatic carbocycles. The molecule has 0 saturated heterocycles. The van der Waals surface area contributed by atoms with Crippen LogP contribution in [-0.2, 0) is 5.41 Å². The standard InChI is InChI=1S/C16H22N4/c1-11-8-6-7-9-12(11)18-14-10-13(17-5)19-15(20-14)16(2,3)4/h6-10H,1-5H3,(H2,17,18,19,20). The summed E-state index contributed by atoms with van der Waals surface area (Å²) in [4.78, 5) is 9.15. The van der Waals surface area contributed by atoms with Crippen molar-refractivity contribution in [2.45, 2.75) is 33.1 Å². The van der Waals surface area contributed by atoms with E-state index in [9.17, 15) is 0 Å². The van der Waals surface area contributed by atoms with Crippen LogP contribution in [0.15, 0.2) is 30.3 Å². The van der Waals surface area contributed by atoms with Crippen molar-refractivity contribution in [2.24, 2.45) is 0 Å². The first-order valence-corrected chi connectivity index (χ1v) is 6.80. The van der Waals surface area contributed by atoms with Gasteiger partial charge in [0, 0.05) is 24.2 Å². The average molecular weight is 270 g/mol. The number of aryl methyl sites for hydroxylation is 1. The number of nitrogens with zero attached hydrogens (tertiary/aromatic N) is 2. The van der Waals surface area contributed by atoms with Crippen LogP contribution < -0.4 is 10.6 Å². The third-order valence-corrected chi connectivity index (χ3v) is 3.06. The van der Waals surface area contributed by atoms with E-state index < -0.39 is 0 Å². The summed E-state index contributed by atoms with van der Waals surface area (Å²) in [5, 5.41) is 6.46. The zero-order valence-electron chi connectivity index (χ0n) is 12.8. The number of rotatable bonds is 3. The van der Waals surface area contributed by atoms with Gasteiger partial charge in [0.25, 0.3) is 0 Å². The Morgan fingerprint density at radius 3 is 2.25 bits per heavy atom. The lowest BCUT2D eigenvalue weighted by Crippen LogP contribution is -2.17. The van der Waals surface area contributed by atoms with Gasteiger partial charge in [0.05, 0.1) is 0 Å². The number of anilines is 3. The van der Waals surface area contributed by atoms with Crippen molar-refractivity contribution in [1.29, 1.82) is 0 Å². The predicted octanol–water partition coefficient (Wildman–Crippen LogP) is 3.87. The van der Waals surface area contributed by atoms with E-state index in [-0.39, 0.29) is 5.41 Å². The fourth-order valence-corrected chi connectivity index (χ4v) is 1.83. The van der Waals surface area contributed by atoms with Crippen LogP contribution in [0.4, 0.5) is 17.3 Å². The number of hydrogen-bond acceptors (Lipinski definition) is 4. The van der Waals surface area contributed by atoms with Gasteiger partial charge in [0.2, 0.25) is 0 Å². The minimum Gasteiger partial charge on any atom is -0.373 e. The Bertz CT molecular complexity index is 600. The normalized spacial score (nSPS) is 11.2. The number of para-hydroxylation sites is 1. The summed E-state index contributed by atoms with van der Waals surface area (Å²) in [5.74, 6) is 2.45. The van der Waals surface area contributed by atoms with Crippen molar-refractivity contribution in [3.63, 3.8) is 0 Å². The lowest BCUT2D eigenvalue weighted by molar-refractivity contribution is 0.547. The topological polar surface area (TPSA) is 49.8 Å². The number of hydrogen-bond donors (Lipinski definition) is 2. The molecule has 1 aromatic carbocycles. The Balaban J connectivity index is 2.39. The molecule has 2 rings (SSSR count). The maximum absolute atomic E-state index is 4.63. The van der Waals surface area contributed by atoms with Gasteiger partial charge in [-0.25, -0.2) is 9.97 Å². The van der Waals surface area contributed by atoms with Gasteiger partial charge in [-0.15, -0.1) is 0 Å². The van der Waals surface area contributed by atoms with E-state index in [2.05, 4.69) is 54.4 Å². The zero-order valence-corrected chi connectivity index (χ0v) is 12.8. The third-order valence-electron chi connectivity index (χ3n) is 3.06. The summed E-state index contributed by atoms with van der Waals surface area (Å²) < 4.78 is 0. The number of nitrogens with one attached hydrogen (secondary N) is 2. The molecule has 0 aliphatic heterocycles. The molecule has 0 radical (unpaired) electrons. The quantitative estimate of drug-likeness (QED) is 0.889. The SMILES string of the molecule is CNc1cc(Nc2ccccc2C)nc(C(C)(C)C)n1. The van der Waals surface area contributed by atoms with Gasteiger partial charge >= 0.3 is 0 Å². The molecule has 2 N–H and O–H groups in total. The number of benzene rings is 1. The molecule has 1 heterocycles. The van der Waals surface area contributed by atoms with Crippen molar-refractivity contribution >= 4 is 17.3 Å². The maximum atomic E-state index is 4.63. The highest BCUT2D eigenvalue weighted by molar-refractivity contribution is 5.62. The van der Waals surface area contributed by atoms with E-state index in [1.54, 1.807) is 0 Å². The summed E-state index contributed by atoms with van der Waals surface area (Å²) in [5.41, 5.74) is 2.16. The van der Waals surface area contributed by atoms with Gasteiger partial charge in [-0.1, -0.05) is 39.0 Å². The molecule has 0 bridgehead atoms. The van der Waals surface area contributed by atoms with Gasteiger partial charge in [-0.3, -0.25) is 0 Å². The van der Waals surface area contributed by atoms with E-state index in [4.69, 9.17) is 0 Å². The van der Waals surface area contributed by atoms with E-state index in [0.29, 0.717) is 0 Å². The molecule has 0 amide bonds. The highest BCUT2D eigenvalue weighted by atomic mass is 15.1. The highest BCUT2D eigenvalue weighted by Crippen LogP contribution is 2.25. The minimum absolute atomic E-state index is 0.0883. The predicted molar refractivity (Wildman–Crippen MR) is 84.7 cm³/mol. The highest BCUT2D eigenvalue weighted by Gasteiger charge is 2.19. The van der Waals surface area contributed by atoms with Crippen molar-refractivity contribution in [3.8, 4) is 0 Å². The van der Waals surface area contributed by atoms with Crippen LogP contribution in [0, 0.1) is 6.92 Å². The fraction of sp³-hybridized carbons (Fsp3) is 0.375. The largest absolute Gasteiger partial charge is 0.373 e. The molecule has 0 unspecified atom stereocenters. The first kappa shape index (κ1) is 14.3. The van der Waals surface area contributed by atoms with Gasteiger partial charge < -0.3 is 10.6 Å². The van der Waals surface area contributed by atoms with E-state index >= 15 is 0 Å². The summed E-state index contributed by atoms with van der Waals surface area (Å²) in [6.45, 7) is 8.41. The van der Waals surface area contributed by atoms with Crippen molar-refractivity contribution in [3.05, 3.63) is 41.7 Å². The molecule has 20 heavy (non-hydrogen) atoms. The Morgan fingerprint density at radius 2 is 1.65 bits per heavy atom. The Morgan fingerprint density at radius 1 is 1.00 bits per heavy atom. The first-order valence-electron chi connectivity index (χ1n) is 6.80.